The van der Waals surface area contributed by atoms with Gasteiger partial charge in [0.1, 0.15) is 16.5 Å². The number of hydrogen-bond donors (Lipinski definition) is 1. The Hall–Kier alpha value is -2.51. The van der Waals surface area contributed by atoms with Crippen molar-refractivity contribution in [2.45, 2.75) is 13.0 Å². The molecule has 8 heteroatoms. The maximum absolute atomic E-state index is 13.9. The van der Waals surface area contributed by atoms with Gasteiger partial charge in [-0.05, 0) is 31.2 Å². The van der Waals surface area contributed by atoms with E-state index >= 15 is 0 Å². The Balaban J connectivity index is 1.68. The summed E-state index contributed by atoms with van der Waals surface area (Å²) >= 11 is 7.51. The predicted octanol–water partition coefficient (Wildman–Crippen LogP) is 4.78. The maximum Gasteiger partial charge on any atom is 0.263 e. The summed E-state index contributed by atoms with van der Waals surface area (Å²) in [5.74, 6) is -2.09. The molecule has 4 nitrogen and oxygen atoms in total. The number of nitrogens with one attached hydrogen (secondary N) is 1. The molecule has 3 rings (SSSR count). The maximum atomic E-state index is 13.9. The van der Waals surface area contributed by atoms with Gasteiger partial charge >= 0.3 is 0 Å². The monoisotopic (exact) mass is 422 g/mol. The Morgan fingerprint density at radius 1 is 1.21 bits per heavy atom. The number of nitrogens with zero attached hydrogens (tertiary/aromatic N) is 1. The summed E-state index contributed by atoms with van der Waals surface area (Å²) in [6.07, 6.45) is 0. The molecule has 1 heterocycles. The number of thiophene rings is 1. The van der Waals surface area contributed by atoms with Gasteiger partial charge in [-0.3, -0.25) is 9.59 Å². The van der Waals surface area contributed by atoms with Gasteiger partial charge in [-0.2, -0.15) is 0 Å². The summed E-state index contributed by atoms with van der Waals surface area (Å²) in [5, 5.41) is 3.66. The van der Waals surface area contributed by atoms with Crippen LogP contribution in [-0.2, 0) is 4.79 Å². The number of benzene rings is 2. The minimum absolute atomic E-state index is 0.0646. The topological polar surface area (TPSA) is 49.4 Å². The molecule has 0 fully saturated rings. The van der Waals surface area contributed by atoms with E-state index in [0.29, 0.717) is 9.90 Å². The molecule has 0 aliphatic carbocycles. The van der Waals surface area contributed by atoms with E-state index in [0.717, 1.165) is 28.3 Å². The molecule has 3 aromatic rings. The van der Waals surface area contributed by atoms with Gasteiger partial charge in [-0.1, -0.05) is 29.8 Å². The molecule has 0 spiro atoms. The first-order valence-electron chi connectivity index (χ1n) is 8.45. The number of amides is 2. The number of hydrogen-bond acceptors (Lipinski definition) is 3. The van der Waals surface area contributed by atoms with E-state index in [4.69, 9.17) is 11.6 Å². The zero-order chi connectivity index (χ0) is 20.4. The zero-order valence-electron chi connectivity index (χ0n) is 15.1. The fraction of sp³-hybridized carbons (Fsp3) is 0.200. The molecule has 2 amide bonds. The molecule has 0 radical (unpaired) electrons. The van der Waals surface area contributed by atoms with E-state index in [-0.39, 0.29) is 12.1 Å². The molecule has 0 aliphatic rings. The van der Waals surface area contributed by atoms with Gasteiger partial charge in [0.05, 0.1) is 17.6 Å². The average molecular weight is 423 g/mol. The highest BCUT2D eigenvalue weighted by atomic mass is 35.5. The highest BCUT2D eigenvalue weighted by Gasteiger charge is 2.22. The number of carbonyl (C=O) groups excluding carboxylic acids is 2. The van der Waals surface area contributed by atoms with Crippen molar-refractivity contribution in [3.63, 3.8) is 0 Å². The zero-order valence-corrected chi connectivity index (χ0v) is 16.7. The molecular formula is C20H17ClF2N2O2S. The third-order valence-corrected chi connectivity index (χ3v) is 6.20. The van der Waals surface area contributed by atoms with Crippen molar-refractivity contribution >= 4 is 44.8 Å². The first-order chi connectivity index (χ1) is 13.3. The van der Waals surface area contributed by atoms with Crippen LogP contribution >= 0.6 is 22.9 Å². The van der Waals surface area contributed by atoms with Gasteiger partial charge < -0.3 is 10.2 Å². The minimum atomic E-state index is -0.701. The van der Waals surface area contributed by atoms with Gasteiger partial charge in [0.25, 0.3) is 5.91 Å². The quantitative estimate of drug-likeness (QED) is 0.643. The fourth-order valence-corrected chi connectivity index (χ4v) is 4.21. The molecule has 28 heavy (non-hydrogen) atoms. The fourth-order valence-electron chi connectivity index (χ4n) is 2.78. The lowest BCUT2D eigenvalue weighted by atomic mass is 10.1. The van der Waals surface area contributed by atoms with Crippen LogP contribution in [-0.4, -0.2) is 30.3 Å². The molecule has 2 aromatic carbocycles. The van der Waals surface area contributed by atoms with Gasteiger partial charge in [-0.25, -0.2) is 8.78 Å². The van der Waals surface area contributed by atoms with Crippen LogP contribution in [0.3, 0.4) is 0 Å². The van der Waals surface area contributed by atoms with Crippen molar-refractivity contribution in [1.29, 1.82) is 0 Å². The number of halogens is 3. The lowest BCUT2D eigenvalue weighted by molar-refractivity contribution is -0.130. The van der Waals surface area contributed by atoms with Crippen molar-refractivity contribution in [1.82, 2.24) is 10.2 Å². The Labute approximate surface area is 169 Å². The highest BCUT2D eigenvalue weighted by molar-refractivity contribution is 7.21. The van der Waals surface area contributed by atoms with Crippen LogP contribution in [0.4, 0.5) is 8.78 Å². The standard InChI is InChI=1S/C20H17ClF2N2O2S/c1-11(14-9-12(22)7-8-15(14)23)25(2)17(26)10-24-20(27)19-18(21)13-5-3-4-6-16(13)28-19/h3-9,11H,10H2,1-2H3,(H,24,27). The van der Waals surface area contributed by atoms with Crippen molar-refractivity contribution in [3.05, 3.63) is 69.6 Å². The highest BCUT2D eigenvalue weighted by Crippen LogP contribution is 2.35. The third-order valence-electron chi connectivity index (χ3n) is 4.52. The van der Waals surface area contributed by atoms with Crippen molar-refractivity contribution < 1.29 is 18.4 Å². The normalized spacial score (nSPS) is 12.0. The van der Waals surface area contributed by atoms with E-state index in [2.05, 4.69) is 5.32 Å². The number of likely N-dealkylation sites (N-methyl/N-ethyl adjacent to an activating group) is 1. The molecule has 0 aliphatic heterocycles. The largest absolute Gasteiger partial charge is 0.342 e. The molecule has 0 saturated carbocycles. The smallest absolute Gasteiger partial charge is 0.263 e. The minimum Gasteiger partial charge on any atom is -0.342 e. The molecule has 1 unspecified atom stereocenters. The SMILES string of the molecule is CC(c1cc(F)ccc1F)N(C)C(=O)CNC(=O)c1sc2ccccc2c1Cl. The Kier molecular flexibility index (Phi) is 5.96. The van der Waals surface area contributed by atoms with Crippen molar-refractivity contribution in [2.75, 3.05) is 13.6 Å². The lowest BCUT2D eigenvalue weighted by Crippen LogP contribution is -2.39. The summed E-state index contributed by atoms with van der Waals surface area (Å²) < 4.78 is 28.2. The number of carbonyl (C=O) groups is 2. The van der Waals surface area contributed by atoms with Gasteiger partial charge in [-0.15, -0.1) is 11.3 Å². The second-order valence-electron chi connectivity index (χ2n) is 6.27. The first-order valence-corrected chi connectivity index (χ1v) is 9.65. The summed E-state index contributed by atoms with van der Waals surface area (Å²) in [6, 6.07) is 9.74. The molecule has 1 N–H and O–H groups in total. The second kappa shape index (κ2) is 8.24. The van der Waals surface area contributed by atoms with Crippen molar-refractivity contribution in [2.24, 2.45) is 0 Å². The van der Waals surface area contributed by atoms with Gasteiger partial charge in [0.15, 0.2) is 0 Å². The van der Waals surface area contributed by atoms with Crippen LogP contribution < -0.4 is 5.32 Å². The first kappa shape index (κ1) is 20.2. The van der Waals surface area contributed by atoms with Gasteiger partial charge in [0.2, 0.25) is 5.91 Å². The van der Waals surface area contributed by atoms with Crippen LogP contribution in [0.5, 0.6) is 0 Å². The van der Waals surface area contributed by atoms with Crippen LogP contribution in [0.1, 0.15) is 28.2 Å². The molecule has 146 valence electrons. The summed E-state index contributed by atoms with van der Waals surface area (Å²) in [4.78, 5) is 26.4. The van der Waals surface area contributed by atoms with E-state index in [1.165, 1.54) is 23.3 Å². The van der Waals surface area contributed by atoms with Crippen LogP contribution in [0, 0.1) is 11.6 Å². The second-order valence-corrected chi connectivity index (χ2v) is 7.70. The Morgan fingerprint density at radius 3 is 2.64 bits per heavy atom. The van der Waals surface area contributed by atoms with Crippen LogP contribution in [0.2, 0.25) is 5.02 Å². The van der Waals surface area contributed by atoms with Crippen molar-refractivity contribution in [3.8, 4) is 0 Å². The summed E-state index contributed by atoms with van der Waals surface area (Å²) in [6.45, 7) is 1.29. The Morgan fingerprint density at radius 2 is 1.93 bits per heavy atom. The van der Waals surface area contributed by atoms with Crippen LogP contribution in [0.15, 0.2) is 42.5 Å². The number of fused-ring (bicyclic) bond motifs is 1. The summed E-state index contributed by atoms with van der Waals surface area (Å²) in [7, 11) is 1.47. The van der Waals surface area contributed by atoms with E-state index < -0.39 is 29.5 Å². The van der Waals surface area contributed by atoms with Gasteiger partial charge in [0, 0.05) is 22.7 Å². The predicted molar refractivity (Wildman–Crippen MR) is 107 cm³/mol. The molecule has 1 atom stereocenters. The molecule has 1 aromatic heterocycles. The summed E-state index contributed by atoms with van der Waals surface area (Å²) in [5.41, 5.74) is 0.0646. The lowest BCUT2D eigenvalue weighted by Gasteiger charge is -2.25. The van der Waals surface area contributed by atoms with E-state index in [9.17, 15) is 18.4 Å². The molecule has 0 bridgehead atoms. The average Bonchev–Trinajstić information content (AvgIpc) is 3.03. The Bertz CT molecular complexity index is 1050. The van der Waals surface area contributed by atoms with E-state index in [1.54, 1.807) is 6.92 Å². The molecular weight excluding hydrogens is 406 g/mol. The third kappa shape index (κ3) is 4.00. The number of rotatable bonds is 5. The molecule has 0 saturated heterocycles. The van der Waals surface area contributed by atoms with Crippen LogP contribution in [0.25, 0.3) is 10.1 Å². The van der Waals surface area contributed by atoms with E-state index in [1.807, 2.05) is 24.3 Å².